The number of hydrogen-bond donors (Lipinski definition) is 0. The van der Waals surface area contributed by atoms with Crippen LogP contribution in [-0.4, -0.2) is 0 Å². The minimum absolute atomic E-state index is 0.372. The fraction of sp³-hybridized carbons (Fsp3) is 0.600. The van der Waals surface area contributed by atoms with Crippen molar-refractivity contribution in [2.45, 2.75) is 52.9 Å². The smallest absolute Gasteiger partial charge is 0.0974 e. The minimum atomic E-state index is 0.372. The molecule has 3 atom stereocenters. The largest absolute Gasteiger partial charge is 0.472 e. The zero-order valence-electron chi connectivity index (χ0n) is 13.7. The van der Waals surface area contributed by atoms with E-state index in [-0.39, 0.29) is 0 Å². The second kappa shape index (κ2) is 5.19. The number of fused-ring (bicyclic) bond motifs is 1. The van der Waals surface area contributed by atoms with Gasteiger partial charge in [-0.3, -0.25) is 0 Å². The van der Waals surface area contributed by atoms with Crippen molar-refractivity contribution in [2.75, 3.05) is 0 Å². The highest BCUT2D eigenvalue weighted by Crippen LogP contribution is 2.61. The molecule has 0 spiro atoms. The second-order valence-corrected chi connectivity index (χ2v) is 7.99. The molecule has 2 aliphatic rings. The molecule has 0 radical (unpaired) electrons. The topological polar surface area (TPSA) is 13.1 Å². The van der Waals surface area contributed by atoms with Gasteiger partial charge >= 0.3 is 0 Å². The first kappa shape index (κ1) is 14.7. The highest BCUT2D eigenvalue weighted by Gasteiger charge is 2.52. The molecule has 0 bridgehead atoms. The fourth-order valence-electron chi connectivity index (χ4n) is 5.14. The average molecular weight is 284 g/mol. The van der Waals surface area contributed by atoms with Crippen LogP contribution < -0.4 is 0 Å². The number of furan rings is 1. The van der Waals surface area contributed by atoms with E-state index in [2.05, 4.69) is 39.5 Å². The van der Waals surface area contributed by atoms with Gasteiger partial charge in [0.05, 0.1) is 12.5 Å². The molecule has 21 heavy (non-hydrogen) atoms. The van der Waals surface area contributed by atoms with Gasteiger partial charge in [-0.1, -0.05) is 51.5 Å². The predicted octanol–water partition coefficient (Wildman–Crippen LogP) is 6.09. The van der Waals surface area contributed by atoms with Crippen molar-refractivity contribution in [1.82, 2.24) is 0 Å². The van der Waals surface area contributed by atoms with Gasteiger partial charge in [0.1, 0.15) is 0 Å². The average Bonchev–Trinajstić information content (AvgIpc) is 2.90. The minimum Gasteiger partial charge on any atom is -0.472 e. The molecular formula is C20H28O. The van der Waals surface area contributed by atoms with Gasteiger partial charge in [0.25, 0.3) is 0 Å². The van der Waals surface area contributed by atoms with Gasteiger partial charge in [0.15, 0.2) is 0 Å². The van der Waals surface area contributed by atoms with Crippen LogP contribution in [0.25, 0.3) is 6.08 Å². The summed E-state index contributed by atoms with van der Waals surface area (Å²) in [5.41, 5.74) is 3.42. The van der Waals surface area contributed by atoms with Crippen molar-refractivity contribution in [3.63, 3.8) is 0 Å². The number of rotatable bonds is 2. The summed E-state index contributed by atoms with van der Waals surface area (Å²) in [6.45, 7) is 11.9. The molecule has 0 N–H and O–H groups in total. The Morgan fingerprint density at radius 3 is 2.81 bits per heavy atom. The van der Waals surface area contributed by atoms with E-state index in [9.17, 15) is 0 Å². The summed E-state index contributed by atoms with van der Waals surface area (Å²) in [6, 6.07) is 2.02. The Morgan fingerprint density at radius 1 is 1.29 bits per heavy atom. The lowest BCUT2D eigenvalue weighted by Gasteiger charge is -2.57. The van der Waals surface area contributed by atoms with Gasteiger partial charge in [-0.05, 0) is 48.5 Å². The molecule has 3 unspecified atom stereocenters. The molecule has 0 amide bonds. The Kier molecular flexibility index (Phi) is 3.63. The molecule has 1 heteroatoms. The van der Waals surface area contributed by atoms with E-state index in [1.807, 2.05) is 12.3 Å². The molecule has 1 aromatic rings. The summed E-state index contributed by atoms with van der Waals surface area (Å²) in [6.07, 6.45) is 14.7. The molecule has 1 nitrogen and oxygen atoms in total. The van der Waals surface area contributed by atoms with Crippen molar-refractivity contribution in [3.05, 3.63) is 42.4 Å². The highest BCUT2D eigenvalue weighted by molar-refractivity contribution is 5.48. The van der Waals surface area contributed by atoms with Crippen LogP contribution in [0.4, 0.5) is 0 Å². The van der Waals surface area contributed by atoms with Crippen molar-refractivity contribution in [1.29, 1.82) is 0 Å². The van der Waals surface area contributed by atoms with Crippen LogP contribution in [0.2, 0.25) is 0 Å². The lowest BCUT2D eigenvalue weighted by molar-refractivity contribution is -0.0389. The maximum Gasteiger partial charge on any atom is 0.0974 e. The molecular weight excluding hydrogens is 256 g/mol. The first-order chi connectivity index (χ1) is 9.93. The third-order valence-electron chi connectivity index (χ3n) is 6.20. The summed E-state index contributed by atoms with van der Waals surface area (Å²) in [5, 5.41) is 0. The third-order valence-corrected chi connectivity index (χ3v) is 6.20. The molecule has 0 aromatic carbocycles. The van der Waals surface area contributed by atoms with Crippen LogP contribution in [0.5, 0.6) is 0 Å². The van der Waals surface area contributed by atoms with Gasteiger partial charge < -0.3 is 4.42 Å². The quantitative estimate of drug-likeness (QED) is 0.599. The molecule has 3 rings (SSSR count). The maximum atomic E-state index is 5.17. The van der Waals surface area contributed by atoms with E-state index >= 15 is 0 Å². The predicted molar refractivity (Wildman–Crippen MR) is 88.8 cm³/mol. The van der Waals surface area contributed by atoms with E-state index in [1.165, 1.54) is 37.7 Å². The van der Waals surface area contributed by atoms with Crippen LogP contribution in [0, 0.1) is 22.7 Å². The van der Waals surface area contributed by atoms with Crippen LogP contribution in [-0.2, 0) is 0 Å². The van der Waals surface area contributed by atoms with E-state index in [1.54, 1.807) is 6.26 Å². The maximum absolute atomic E-state index is 5.17. The summed E-state index contributed by atoms with van der Waals surface area (Å²) >= 11 is 0. The molecule has 2 saturated carbocycles. The summed E-state index contributed by atoms with van der Waals surface area (Å²) in [4.78, 5) is 0. The van der Waals surface area contributed by atoms with Crippen molar-refractivity contribution >= 4 is 6.08 Å². The molecule has 0 aliphatic heterocycles. The zero-order valence-corrected chi connectivity index (χ0v) is 13.7. The molecule has 1 heterocycles. The van der Waals surface area contributed by atoms with E-state index in [0.717, 1.165) is 11.5 Å². The van der Waals surface area contributed by atoms with Crippen LogP contribution >= 0.6 is 0 Å². The van der Waals surface area contributed by atoms with E-state index in [4.69, 9.17) is 4.42 Å². The van der Waals surface area contributed by atoms with Crippen molar-refractivity contribution in [3.8, 4) is 0 Å². The van der Waals surface area contributed by atoms with E-state index in [0.29, 0.717) is 16.7 Å². The Bertz CT molecular complexity index is 534. The molecule has 2 aliphatic carbocycles. The van der Waals surface area contributed by atoms with Gasteiger partial charge in [0, 0.05) is 11.5 Å². The molecule has 1 aromatic heterocycles. The molecule has 114 valence electrons. The lowest BCUT2D eigenvalue weighted by Crippen LogP contribution is -2.48. The second-order valence-electron chi connectivity index (χ2n) is 7.99. The van der Waals surface area contributed by atoms with Gasteiger partial charge in [-0.25, -0.2) is 0 Å². The van der Waals surface area contributed by atoms with Crippen LogP contribution in [0.15, 0.2) is 41.2 Å². The fourth-order valence-corrected chi connectivity index (χ4v) is 5.14. The van der Waals surface area contributed by atoms with Crippen molar-refractivity contribution < 1.29 is 4.42 Å². The lowest BCUT2D eigenvalue weighted by atomic mass is 9.47. The number of hydrogen-bond acceptors (Lipinski definition) is 1. The van der Waals surface area contributed by atoms with Crippen LogP contribution in [0.1, 0.15) is 58.4 Å². The monoisotopic (exact) mass is 284 g/mol. The van der Waals surface area contributed by atoms with Gasteiger partial charge in [-0.2, -0.15) is 0 Å². The van der Waals surface area contributed by atoms with Gasteiger partial charge in [-0.15, -0.1) is 0 Å². The molecule has 0 saturated heterocycles. The normalized spacial score (nSPS) is 35.9. The SMILES string of the molecule is C=C1CCC2C(C)(C)CCCC2(C)C1/C=C/c1ccoc1. The van der Waals surface area contributed by atoms with Gasteiger partial charge in [0.2, 0.25) is 0 Å². The standard InChI is InChI=1S/C20H28O/c1-15-6-9-18-19(2,3)11-5-12-20(18,4)17(15)8-7-16-10-13-21-14-16/h7-8,10,13-14,17-18H,1,5-6,9,11-12H2,2-4H3/b8-7+. The third kappa shape index (κ3) is 2.52. The Labute approximate surface area is 129 Å². The highest BCUT2D eigenvalue weighted by atomic mass is 16.3. The Morgan fingerprint density at radius 2 is 2.10 bits per heavy atom. The number of allylic oxidation sites excluding steroid dienone is 2. The first-order valence-electron chi connectivity index (χ1n) is 8.31. The summed E-state index contributed by atoms with van der Waals surface area (Å²) < 4.78 is 5.17. The Hall–Kier alpha value is -1.24. The van der Waals surface area contributed by atoms with Crippen LogP contribution in [0.3, 0.4) is 0 Å². The molecule has 2 fully saturated rings. The van der Waals surface area contributed by atoms with E-state index < -0.39 is 0 Å². The van der Waals surface area contributed by atoms with Crippen molar-refractivity contribution in [2.24, 2.45) is 22.7 Å². The zero-order chi connectivity index (χ0) is 15.1. The first-order valence-corrected chi connectivity index (χ1v) is 8.31. The Balaban J connectivity index is 1.91. The summed E-state index contributed by atoms with van der Waals surface area (Å²) in [5.74, 6) is 1.31. The summed E-state index contributed by atoms with van der Waals surface area (Å²) in [7, 11) is 0.